The molecule has 1 N–H and O–H groups in total. The van der Waals surface area contributed by atoms with Gasteiger partial charge in [0.2, 0.25) is 0 Å². The van der Waals surface area contributed by atoms with Crippen LogP contribution in [-0.4, -0.2) is 51.5 Å². The summed E-state index contributed by atoms with van der Waals surface area (Å²) in [5.74, 6) is -3.05. The third-order valence-corrected chi connectivity index (χ3v) is 9.61. The highest BCUT2D eigenvalue weighted by atomic mass is 32.2. The second-order valence-electron chi connectivity index (χ2n) is 11.4. The number of esters is 1. The Morgan fingerprint density at radius 2 is 1.77 bits per heavy atom. The summed E-state index contributed by atoms with van der Waals surface area (Å²) in [5.41, 5.74) is -0.0855. The number of halogens is 2. The number of carbonyl (C=O) groups excluding carboxylic acids is 1. The van der Waals surface area contributed by atoms with Gasteiger partial charge in [-0.1, -0.05) is 19.6 Å². The smallest absolute Gasteiger partial charge is 0.355 e. The lowest BCUT2D eigenvalue weighted by molar-refractivity contribution is 0.0520. The van der Waals surface area contributed by atoms with Crippen LogP contribution in [0.15, 0.2) is 52.3 Å². The first-order chi connectivity index (χ1) is 20.1. The maximum atomic E-state index is 14.6. The molecule has 0 fully saturated rings. The summed E-state index contributed by atoms with van der Waals surface area (Å²) in [6, 6.07) is 7.54. The van der Waals surface area contributed by atoms with Gasteiger partial charge in [0.1, 0.15) is 24.0 Å². The van der Waals surface area contributed by atoms with Crippen LogP contribution in [0.25, 0.3) is 21.9 Å². The quantitative estimate of drug-likeness (QED) is 0.118. The van der Waals surface area contributed by atoms with Crippen molar-refractivity contribution in [2.24, 2.45) is 0 Å². The average Bonchev–Trinajstić information content (AvgIpc) is 3.23. The molecule has 230 valence electrons. The Kier molecular flexibility index (Phi) is 9.28. The number of benzene rings is 2. The summed E-state index contributed by atoms with van der Waals surface area (Å²) in [6.07, 6.45) is 2.65. The Morgan fingerprint density at radius 1 is 1.07 bits per heavy atom. The van der Waals surface area contributed by atoms with Crippen LogP contribution in [0.4, 0.5) is 8.78 Å². The minimum absolute atomic E-state index is 0.00314. The number of carbonyl (C=O) groups is 1. The molecule has 0 aliphatic rings. The summed E-state index contributed by atoms with van der Waals surface area (Å²) in [6.45, 7) is 10.7. The minimum Gasteiger partial charge on any atom is -0.461 e. The molecule has 0 saturated heterocycles. The van der Waals surface area contributed by atoms with Crippen molar-refractivity contribution in [1.82, 2.24) is 9.55 Å². The van der Waals surface area contributed by atoms with E-state index in [0.717, 1.165) is 24.4 Å². The van der Waals surface area contributed by atoms with Crippen molar-refractivity contribution >= 4 is 34.7 Å². The molecule has 4 rings (SSSR count). The molecule has 2 aromatic carbocycles. The molecule has 9 nitrogen and oxygen atoms in total. The van der Waals surface area contributed by atoms with Crippen molar-refractivity contribution in [3.8, 4) is 22.6 Å². The van der Waals surface area contributed by atoms with E-state index in [9.17, 15) is 26.8 Å². The third kappa shape index (κ3) is 7.23. The molecule has 2 heterocycles. The molecule has 4 aromatic rings. The van der Waals surface area contributed by atoms with E-state index in [0.29, 0.717) is 23.8 Å². The van der Waals surface area contributed by atoms with E-state index < -0.39 is 41.1 Å². The van der Waals surface area contributed by atoms with Crippen LogP contribution in [0.3, 0.4) is 0 Å². The van der Waals surface area contributed by atoms with Crippen molar-refractivity contribution in [3.05, 3.63) is 76.0 Å². The molecule has 0 spiro atoms. The number of sulfone groups is 1. The van der Waals surface area contributed by atoms with E-state index in [1.165, 1.54) is 18.2 Å². The molecule has 0 saturated carbocycles. The number of fused-ring (bicyclic) bond motifs is 1. The van der Waals surface area contributed by atoms with Gasteiger partial charge >= 0.3 is 5.97 Å². The van der Waals surface area contributed by atoms with Crippen LogP contribution in [-0.2, 0) is 26.0 Å². The van der Waals surface area contributed by atoms with Crippen LogP contribution in [0, 0.1) is 18.6 Å². The van der Waals surface area contributed by atoms with Crippen LogP contribution in [0.1, 0.15) is 23.1 Å². The highest BCUT2D eigenvalue weighted by Crippen LogP contribution is 2.41. The number of hydrogen-bond acceptors (Lipinski definition) is 7. The lowest BCUT2D eigenvalue weighted by atomic mass is 9.98. The number of aromatic nitrogens is 2. The van der Waals surface area contributed by atoms with Gasteiger partial charge in [0.25, 0.3) is 5.56 Å². The molecular weight excluding hydrogens is 598 g/mol. The SMILES string of the molecule is CCOC(=O)c1[nH]c(=O)c2c(C)n(COCC[Si](C)(C)C)cc2c1-c1cc(S(C)(=O)=O)ccc1Oc1ccc(F)cc1F. The maximum absolute atomic E-state index is 14.6. The molecule has 0 unspecified atom stereocenters. The molecule has 0 aliphatic carbocycles. The minimum atomic E-state index is -3.76. The van der Waals surface area contributed by atoms with Crippen LogP contribution in [0.5, 0.6) is 11.5 Å². The van der Waals surface area contributed by atoms with Crippen molar-refractivity contribution < 1.29 is 36.2 Å². The number of aryl methyl sites for hydroxylation is 1. The van der Waals surface area contributed by atoms with E-state index >= 15 is 0 Å². The van der Waals surface area contributed by atoms with Gasteiger partial charge in [-0.05, 0) is 50.2 Å². The fourth-order valence-electron chi connectivity index (χ4n) is 4.52. The highest BCUT2D eigenvalue weighted by molar-refractivity contribution is 7.90. The first-order valence-electron chi connectivity index (χ1n) is 13.6. The van der Waals surface area contributed by atoms with E-state index in [-0.39, 0.29) is 51.9 Å². The van der Waals surface area contributed by atoms with Gasteiger partial charge in [-0.3, -0.25) is 4.79 Å². The molecule has 0 atom stereocenters. The number of nitrogens with one attached hydrogen (secondary N) is 1. The fourth-order valence-corrected chi connectivity index (χ4v) is 5.92. The normalized spacial score (nSPS) is 12.1. The van der Waals surface area contributed by atoms with E-state index in [2.05, 4.69) is 24.6 Å². The number of pyridine rings is 1. The molecule has 0 radical (unpaired) electrons. The van der Waals surface area contributed by atoms with Gasteiger partial charge in [0.15, 0.2) is 21.4 Å². The van der Waals surface area contributed by atoms with Gasteiger partial charge in [0.05, 0.1) is 16.9 Å². The predicted molar refractivity (Wildman–Crippen MR) is 162 cm³/mol. The molecule has 0 amide bonds. The first-order valence-corrected chi connectivity index (χ1v) is 19.2. The van der Waals surface area contributed by atoms with E-state index in [1.807, 2.05) is 0 Å². The maximum Gasteiger partial charge on any atom is 0.355 e. The Balaban J connectivity index is 1.99. The standard InChI is InChI=1S/C30H34F2N2O7SSi/c1-7-40-30(36)28-27(22-16-34(17-39-12-13-43(4,5)6)18(2)26(22)29(35)33-28)21-15-20(42(3,37)38)9-11-24(21)41-25-10-8-19(31)14-23(25)32/h8-11,14-16H,7,12-13,17H2,1-6H3,(H,33,35). The molecule has 2 aromatic heterocycles. The zero-order valence-electron chi connectivity index (χ0n) is 24.8. The van der Waals surface area contributed by atoms with Gasteiger partial charge in [-0.25, -0.2) is 22.0 Å². The topological polar surface area (TPSA) is 117 Å². The summed E-state index contributed by atoms with van der Waals surface area (Å²) >= 11 is 0. The second kappa shape index (κ2) is 12.4. The van der Waals surface area contributed by atoms with Crippen LogP contribution >= 0.6 is 0 Å². The highest BCUT2D eigenvalue weighted by Gasteiger charge is 2.27. The molecule has 13 heteroatoms. The lowest BCUT2D eigenvalue weighted by Crippen LogP contribution is -2.22. The van der Waals surface area contributed by atoms with Gasteiger partial charge < -0.3 is 23.8 Å². The average molecular weight is 633 g/mol. The van der Waals surface area contributed by atoms with E-state index in [1.54, 1.807) is 24.6 Å². The van der Waals surface area contributed by atoms with Crippen molar-refractivity contribution in [1.29, 1.82) is 0 Å². The van der Waals surface area contributed by atoms with E-state index in [4.69, 9.17) is 14.2 Å². The lowest BCUT2D eigenvalue weighted by Gasteiger charge is -2.16. The first kappa shape index (κ1) is 32.1. The van der Waals surface area contributed by atoms with Gasteiger partial charge in [-0.15, -0.1) is 0 Å². The summed E-state index contributed by atoms with van der Waals surface area (Å²) in [5, 5.41) is 0.536. The number of rotatable bonds is 11. The summed E-state index contributed by atoms with van der Waals surface area (Å²) in [7, 11) is -5.11. The van der Waals surface area contributed by atoms with Crippen molar-refractivity contribution in [2.75, 3.05) is 19.5 Å². The number of ether oxygens (including phenoxy) is 3. The second-order valence-corrected chi connectivity index (χ2v) is 19.0. The molecule has 0 bridgehead atoms. The monoisotopic (exact) mass is 632 g/mol. The Labute approximate surface area is 249 Å². The zero-order valence-corrected chi connectivity index (χ0v) is 26.7. The van der Waals surface area contributed by atoms with Crippen molar-refractivity contribution in [2.45, 2.75) is 51.2 Å². The number of nitrogens with zero attached hydrogens (tertiary/aromatic N) is 1. The van der Waals surface area contributed by atoms with Crippen molar-refractivity contribution in [3.63, 3.8) is 0 Å². The van der Waals surface area contributed by atoms with Crippen LogP contribution in [0.2, 0.25) is 25.7 Å². The number of hydrogen-bond donors (Lipinski definition) is 1. The summed E-state index contributed by atoms with van der Waals surface area (Å²) in [4.78, 5) is 29.0. The fraction of sp³-hybridized carbons (Fsp3) is 0.333. The van der Waals surface area contributed by atoms with Gasteiger partial charge in [-0.2, -0.15) is 0 Å². The molecule has 0 aliphatic heterocycles. The largest absolute Gasteiger partial charge is 0.461 e. The van der Waals surface area contributed by atoms with Gasteiger partial charge in [0, 0.05) is 55.4 Å². The Hall–Kier alpha value is -3.81. The molecular formula is C30H34F2N2O7SSi. The summed E-state index contributed by atoms with van der Waals surface area (Å²) < 4.78 is 72.1. The third-order valence-electron chi connectivity index (χ3n) is 6.80. The Bertz CT molecular complexity index is 1860. The number of H-pyrrole nitrogens is 1. The number of aromatic amines is 1. The predicted octanol–water partition coefficient (Wildman–Crippen LogP) is 6.27. The zero-order chi connectivity index (χ0) is 31.7. The Morgan fingerprint density at radius 3 is 2.40 bits per heavy atom. The van der Waals surface area contributed by atoms with Crippen LogP contribution < -0.4 is 10.3 Å². The molecule has 43 heavy (non-hydrogen) atoms.